The molecule has 0 aliphatic carbocycles. The third-order valence-electron chi connectivity index (χ3n) is 1.92. The van der Waals surface area contributed by atoms with Gasteiger partial charge in [-0.2, -0.15) is 0 Å². The van der Waals surface area contributed by atoms with Crippen LogP contribution in [0.1, 0.15) is 31.9 Å². The third kappa shape index (κ3) is 4.46. The van der Waals surface area contributed by atoms with Crippen LogP contribution in [0.2, 0.25) is 0 Å². The summed E-state index contributed by atoms with van der Waals surface area (Å²) in [4.78, 5) is 4.26. The largest absolute Gasteiger partial charge is 0.261 e. The van der Waals surface area contributed by atoms with Gasteiger partial charge < -0.3 is 0 Å². The molecule has 0 N–H and O–H groups in total. The Bertz CT molecular complexity index is 239. The van der Waals surface area contributed by atoms with Gasteiger partial charge in [-0.25, -0.2) is 0 Å². The molecule has 1 heterocycles. The average molecular weight is 175 g/mol. The van der Waals surface area contributed by atoms with E-state index in [0.717, 1.165) is 12.8 Å². The molecule has 1 heteroatoms. The van der Waals surface area contributed by atoms with Crippen molar-refractivity contribution in [2.75, 3.05) is 0 Å². The molecular formula is C12H17N. The van der Waals surface area contributed by atoms with Gasteiger partial charge >= 0.3 is 0 Å². The quantitative estimate of drug-likeness (QED) is 0.625. The molecule has 0 spiro atoms. The lowest BCUT2D eigenvalue weighted by atomic mass is 10.2. The number of pyridine rings is 1. The summed E-state index contributed by atoms with van der Waals surface area (Å²) in [6, 6.07) is 6.07. The van der Waals surface area contributed by atoms with Gasteiger partial charge in [-0.1, -0.05) is 31.6 Å². The number of hydrogen-bond acceptors (Lipinski definition) is 1. The Morgan fingerprint density at radius 1 is 1.23 bits per heavy atom. The van der Waals surface area contributed by atoms with Gasteiger partial charge in [0.05, 0.1) is 0 Å². The van der Waals surface area contributed by atoms with Crippen molar-refractivity contribution in [3.63, 3.8) is 0 Å². The Balaban J connectivity index is 2.20. The summed E-state index contributed by atoms with van der Waals surface area (Å²) in [7, 11) is 0. The van der Waals surface area contributed by atoms with E-state index in [1.165, 1.54) is 18.5 Å². The van der Waals surface area contributed by atoms with E-state index in [2.05, 4.69) is 30.1 Å². The molecular weight excluding hydrogens is 158 g/mol. The fraction of sp³-hybridized carbons (Fsp3) is 0.417. The zero-order valence-electron chi connectivity index (χ0n) is 8.24. The molecule has 0 saturated heterocycles. The third-order valence-corrected chi connectivity index (χ3v) is 1.92. The number of aryl methyl sites for hydroxylation is 1. The monoisotopic (exact) mass is 175 g/mol. The SMILES string of the molecule is CCCC=CCCc1ccccn1. The van der Waals surface area contributed by atoms with Crippen molar-refractivity contribution in [2.45, 2.75) is 32.6 Å². The second-order valence-electron chi connectivity index (χ2n) is 3.12. The van der Waals surface area contributed by atoms with Crippen molar-refractivity contribution in [2.24, 2.45) is 0 Å². The zero-order chi connectivity index (χ0) is 9.36. The molecule has 0 aliphatic rings. The molecule has 0 unspecified atom stereocenters. The fourth-order valence-electron chi connectivity index (χ4n) is 1.18. The number of allylic oxidation sites excluding steroid dienone is 2. The highest BCUT2D eigenvalue weighted by molar-refractivity contribution is 5.04. The second kappa shape index (κ2) is 6.41. The molecule has 0 amide bonds. The fourth-order valence-corrected chi connectivity index (χ4v) is 1.18. The van der Waals surface area contributed by atoms with Crippen molar-refractivity contribution in [3.8, 4) is 0 Å². The van der Waals surface area contributed by atoms with Crippen molar-refractivity contribution in [1.82, 2.24) is 4.98 Å². The Hall–Kier alpha value is -1.11. The lowest BCUT2D eigenvalue weighted by Crippen LogP contribution is -1.86. The molecule has 0 aliphatic heterocycles. The van der Waals surface area contributed by atoms with Crippen LogP contribution < -0.4 is 0 Å². The molecule has 0 fully saturated rings. The van der Waals surface area contributed by atoms with Gasteiger partial charge in [0.2, 0.25) is 0 Å². The summed E-state index contributed by atoms with van der Waals surface area (Å²) in [6.45, 7) is 2.20. The highest BCUT2D eigenvalue weighted by Gasteiger charge is 1.88. The van der Waals surface area contributed by atoms with E-state index in [-0.39, 0.29) is 0 Å². The number of rotatable bonds is 5. The van der Waals surface area contributed by atoms with Crippen LogP contribution in [-0.2, 0) is 6.42 Å². The zero-order valence-corrected chi connectivity index (χ0v) is 8.24. The summed E-state index contributed by atoms with van der Waals surface area (Å²) in [5, 5.41) is 0. The van der Waals surface area contributed by atoms with Gasteiger partial charge in [-0.05, 0) is 31.4 Å². The minimum absolute atomic E-state index is 1.06. The minimum atomic E-state index is 1.06. The van der Waals surface area contributed by atoms with Gasteiger partial charge in [0, 0.05) is 11.9 Å². The molecule has 0 atom stereocenters. The van der Waals surface area contributed by atoms with Crippen molar-refractivity contribution in [1.29, 1.82) is 0 Å². The topological polar surface area (TPSA) is 12.9 Å². The lowest BCUT2D eigenvalue weighted by Gasteiger charge is -1.94. The number of nitrogens with zero attached hydrogens (tertiary/aromatic N) is 1. The maximum Gasteiger partial charge on any atom is 0.0406 e. The predicted molar refractivity (Wildman–Crippen MR) is 56.6 cm³/mol. The lowest BCUT2D eigenvalue weighted by molar-refractivity contribution is 0.917. The molecule has 0 aromatic carbocycles. The normalized spacial score (nSPS) is 10.8. The van der Waals surface area contributed by atoms with Gasteiger partial charge in [0.15, 0.2) is 0 Å². The first-order valence-electron chi connectivity index (χ1n) is 4.98. The number of aromatic nitrogens is 1. The summed E-state index contributed by atoms with van der Waals surface area (Å²) in [5.41, 5.74) is 1.18. The highest BCUT2D eigenvalue weighted by atomic mass is 14.7. The summed E-state index contributed by atoms with van der Waals surface area (Å²) in [6.07, 6.45) is 11.0. The van der Waals surface area contributed by atoms with E-state index in [9.17, 15) is 0 Å². The Morgan fingerprint density at radius 2 is 2.08 bits per heavy atom. The molecule has 1 aromatic heterocycles. The van der Waals surface area contributed by atoms with Crippen molar-refractivity contribution in [3.05, 3.63) is 42.2 Å². The van der Waals surface area contributed by atoms with Crippen LogP contribution in [0.25, 0.3) is 0 Å². The Kier molecular flexibility index (Phi) is 4.92. The molecule has 1 aromatic rings. The second-order valence-corrected chi connectivity index (χ2v) is 3.12. The maximum absolute atomic E-state index is 4.26. The van der Waals surface area contributed by atoms with Crippen LogP contribution in [-0.4, -0.2) is 4.98 Å². The van der Waals surface area contributed by atoms with E-state index in [1.807, 2.05) is 18.3 Å². The molecule has 0 bridgehead atoms. The van der Waals surface area contributed by atoms with E-state index >= 15 is 0 Å². The van der Waals surface area contributed by atoms with E-state index in [1.54, 1.807) is 0 Å². The van der Waals surface area contributed by atoms with E-state index < -0.39 is 0 Å². The average Bonchev–Trinajstić information content (AvgIpc) is 2.19. The van der Waals surface area contributed by atoms with Crippen LogP contribution in [0.3, 0.4) is 0 Å². The first-order chi connectivity index (χ1) is 6.43. The van der Waals surface area contributed by atoms with Crippen LogP contribution in [0, 0.1) is 0 Å². The van der Waals surface area contributed by atoms with Crippen LogP contribution in [0.15, 0.2) is 36.5 Å². The van der Waals surface area contributed by atoms with Crippen molar-refractivity contribution >= 4 is 0 Å². The van der Waals surface area contributed by atoms with Gasteiger partial charge in [0.25, 0.3) is 0 Å². The molecule has 0 saturated carbocycles. The standard InChI is InChI=1S/C12H17N/c1-2-3-4-5-6-9-12-10-7-8-11-13-12/h4-5,7-8,10-11H,2-3,6,9H2,1H3. The van der Waals surface area contributed by atoms with E-state index in [4.69, 9.17) is 0 Å². The molecule has 1 nitrogen and oxygen atoms in total. The summed E-state index contributed by atoms with van der Waals surface area (Å²) in [5.74, 6) is 0. The van der Waals surface area contributed by atoms with E-state index in [0.29, 0.717) is 0 Å². The Labute approximate surface area is 80.5 Å². The first-order valence-corrected chi connectivity index (χ1v) is 4.98. The molecule has 13 heavy (non-hydrogen) atoms. The number of unbranched alkanes of at least 4 members (excludes halogenated alkanes) is 1. The van der Waals surface area contributed by atoms with Gasteiger partial charge in [-0.3, -0.25) is 4.98 Å². The number of hydrogen-bond donors (Lipinski definition) is 0. The maximum atomic E-state index is 4.26. The highest BCUT2D eigenvalue weighted by Crippen LogP contribution is 1.99. The van der Waals surface area contributed by atoms with Crippen LogP contribution >= 0.6 is 0 Å². The molecule has 70 valence electrons. The van der Waals surface area contributed by atoms with Crippen LogP contribution in [0.4, 0.5) is 0 Å². The Morgan fingerprint density at radius 3 is 2.77 bits per heavy atom. The summed E-state index contributed by atoms with van der Waals surface area (Å²) < 4.78 is 0. The predicted octanol–water partition coefficient (Wildman–Crippen LogP) is 3.37. The van der Waals surface area contributed by atoms with Gasteiger partial charge in [-0.15, -0.1) is 0 Å². The van der Waals surface area contributed by atoms with Crippen molar-refractivity contribution < 1.29 is 0 Å². The molecule has 1 rings (SSSR count). The van der Waals surface area contributed by atoms with Crippen LogP contribution in [0.5, 0.6) is 0 Å². The molecule has 0 radical (unpaired) electrons. The minimum Gasteiger partial charge on any atom is -0.261 e. The first kappa shape index (κ1) is 9.97. The van der Waals surface area contributed by atoms with Gasteiger partial charge in [0.1, 0.15) is 0 Å². The smallest absolute Gasteiger partial charge is 0.0406 e. The summed E-state index contributed by atoms with van der Waals surface area (Å²) >= 11 is 0.